The third-order valence-corrected chi connectivity index (χ3v) is 4.57. The number of aryl methyl sites for hydroxylation is 1. The topological polar surface area (TPSA) is 50.7 Å². The lowest BCUT2D eigenvalue weighted by Crippen LogP contribution is -1.95. The molecule has 0 saturated heterocycles. The second kappa shape index (κ2) is 6.06. The van der Waals surface area contributed by atoms with Crippen molar-refractivity contribution in [2.45, 2.75) is 22.7 Å². The molecule has 0 fully saturated rings. The largest absolute Gasteiger partial charge is 0.372 e. The molecule has 0 bridgehead atoms. The molecule has 0 aliphatic heterocycles. The minimum Gasteiger partial charge on any atom is -0.372 e. The van der Waals surface area contributed by atoms with Crippen LogP contribution in [0.15, 0.2) is 15.4 Å². The van der Waals surface area contributed by atoms with Crippen LogP contribution in [0.5, 0.6) is 0 Å². The molecule has 0 aromatic carbocycles. The van der Waals surface area contributed by atoms with Gasteiger partial charge in [0, 0.05) is 13.5 Å². The van der Waals surface area contributed by atoms with Crippen LogP contribution >= 0.6 is 46.5 Å². The Morgan fingerprint density at radius 2 is 2.11 bits per heavy atom. The lowest BCUT2D eigenvalue weighted by atomic mass is 10.4. The highest BCUT2D eigenvalue weighted by Gasteiger charge is 2.12. The lowest BCUT2D eigenvalue weighted by Gasteiger charge is -2.06. The molecule has 2 aromatic rings. The molecule has 0 radical (unpaired) electrons. The average molecular weight is 321 g/mol. The van der Waals surface area contributed by atoms with Crippen molar-refractivity contribution >= 4 is 52.3 Å². The third kappa shape index (κ3) is 3.06. The summed E-state index contributed by atoms with van der Waals surface area (Å²) in [5.74, 6) is 1.44. The molecule has 2 heterocycles. The van der Waals surface area contributed by atoms with E-state index in [1.807, 2.05) is 6.92 Å². The van der Waals surface area contributed by atoms with Gasteiger partial charge in [-0.3, -0.25) is 0 Å². The zero-order valence-corrected chi connectivity index (χ0v) is 12.8. The van der Waals surface area contributed by atoms with Crippen molar-refractivity contribution in [2.24, 2.45) is 0 Å². The molecule has 96 valence electrons. The summed E-state index contributed by atoms with van der Waals surface area (Å²) < 4.78 is 5.04. The van der Waals surface area contributed by atoms with E-state index in [1.54, 1.807) is 13.1 Å². The zero-order chi connectivity index (χ0) is 13.1. The molecule has 2 aromatic heterocycles. The molecule has 0 aliphatic rings. The molecule has 0 spiro atoms. The van der Waals surface area contributed by atoms with Crippen LogP contribution in [0.3, 0.4) is 0 Å². The Balaban J connectivity index is 2.28. The fourth-order valence-corrected chi connectivity index (χ4v) is 3.38. The maximum absolute atomic E-state index is 6.11. The Morgan fingerprint density at radius 1 is 1.33 bits per heavy atom. The molecule has 8 heteroatoms. The number of anilines is 1. The van der Waals surface area contributed by atoms with Gasteiger partial charge in [-0.05, 0) is 29.4 Å². The van der Waals surface area contributed by atoms with Crippen molar-refractivity contribution in [3.05, 3.63) is 21.9 Å². The number of hydrogen-bond donors (Lipinski definition) is 1. The first-order valence-electron chi connectivity index (χ1n) is 5.18. The third-order valence-electron chi connectivity index (χ3n) is 2.08. The van der Waals surface area contributed by atoms with Gasteiger partial charge in [0.1, 0.15) is 16.7 Å². The van der Waals surface area contributed by atoms with Gasteiger partial charge in [-0.2, -0.15) is 4.37 Å². The molecule has 0 aliphatic carbocycles. The smallest absolute Gasteiger partial charge is 0.176 e. The van der Waals surface area contributed by atoms with E-state index in [1.165, 1.54) is 23.3 Å². The number of rotatable bonds is 4. The monoisotopic (exact) mass is 320 g/mol. The summed E-state index contributed by atoms with van der Waals surface area (Å²) >= 11 is 14.8. The van der Waals surface area contributed by atoms with Gasteiger partial charge in [-0.25, -0.2) is 9.97 Å². The Hall–Kier alpha value is -0.560. The van der Waals surface area contributed by atoms with E-state index >= 15 is 0 Å². The maximum Gasteiger partial charge on any atom is 0.176 e. The predicted octanol–water partition coefficient (Wildman–Crippen LogP) is 4.00. The summed E-state index contributed by atoms with van der Waals surface area (Å²) in [6, 6.07) is 1.67. The average Bonchev–Trinajstić information content (AvgIpc) is 2.80. The van der Waals surface area contributed by atoms with Gasteiger partial charge in [0.2, 0.25) is 0 Å². The van der Waals surface area contributed by atoms with Gasteiger partial charge in [0.25, 0.3) is 0 Å². The van der Waals surface area contributed by atoms with Crippen molar-refractivity contribution in [3.8, 4) is 0 Å². The summed E-state index contributed by atoms with van der Waals surface area (Å²) in [6.45, 7) is 2.02. The number of pyridine rings is 1. The summed E-state index contributed by atoms with van der Waals surface area (Å²) in [5, 5.41) is 4.60. The van der Waals surface area contributed by atoms with E-state index in [9.17, 15) is 0 Å². The first-order chi connectivity index (χ1) is 8.63. The molecule has 0 saturated carbocycles. The minimum atomic E-state index is 0.498. The molecule has 0 atom stereocenters. The molecule has 0 amide bonds. The van der Waals surface area contributed by atoms with Crippen LogP contribution in [0, 0.1) is 0 Å². The van der Waals surface area contributed by atoms with Gasteiger partial charge in [0.05, 0.1) is 10.0 Å². The van der Waals surface area contributed by atoms with E-state index in [0.717, 1.165) is 16.6 Å². The lowest BCUT2D eigenvalue weighted by molar-refractivity contribution is 0.970. The summed E-state index contributed by atoms with van der Waals surface area (Å²) in [6.07, 6.45) is 0.820. The summed E-state index contributed by atoms with van der Waals surface area (Å²) in [5.41, 5.74) is 0. The zero-order valence-electron chi connectivity index (χ0n) is 9.70. The fourth-order valence-electron chi connectivity index (χ4n) is 1.20. The van der Waals surface area contributed by atoms with Crippen molar-refractivity contribution in [3.63, 3.8) is 0 Å². The summed E-state index contributed by atoms with van der Waals surface area (Å²) in [4.78, 5) is 8.71. The number of halogens is 2. The van der Waals surface area contributed by atoms with Gasteiger partial charge in [-0.1, -0.05) is 30.1 Å². The van der Waals surface area contributed by atoms with Crippen LogP contribution in [0.1, 0.15) is 12.7 Å². The standard InChI is InChI=1S/C10H10Cl2N4S2/c1-3-7-14-10(18-16-7)17-9-6(12)4-5(11)8(13-2)15-9/h4H,3H2,1-2H3,(H,13,15). The Morgan fingerprint density at radius 3 is 2.72 bits per heavy atom. The van der Waals surface area contributed by atoms with Crippen LogP contribution in [-0.4, -0.2) is 21.4 Å². The van der Waals surface area contributed by atoms with E-state index in [-0.39, 0.29) is 0 Å². The van der Waals surface area contributed by atoms with Gasteiger partial charge >= 0.3 is 0 Å². The second-order valence-electron chi connectivity index (χ2n) is 3.29. The molecular weight excluding hydrogens is 311 g/mol. The van der Waals surface area contributed by atoms with E-state index < -0.39 is 0 Å². The highest BCUT2D eigenvalue weighted by atomic mass is 35.5. The highest BCUT2D eigenvalue weighted by molar-refractivity contribution is 8.01. The quantitative estimate of drug-likeness (QED) is 0.922. The number of nitrogens with zero attached hydrogens (tertiary/aromatic N) is 3. The Kier molecular flexibility index (Phi) is 4.66. The maximum atomic E-state index is 6.11. The molecule has 2 rings (SSSR count). The Bertz CT molecular complexity index is 559. The predicted molar refractivity (Wildman–Crippen MR) is 77.2 cm³/mol. The molecule has 0 unspecified atom stereocenters. The highest BCUT2D eigenvalue weighted by Crippen LogP contribution is 2.36. The number of hydrogen-bond acceptors (Lipinski definition) is 6. The minimum absolute atomic E-state index is 0.498. The van der Waals surface area contributed by atoms with E-state index in [4.69, 9.17) is 23.2 Å². The van der Waals surface area contributed by atoms with Crippen LogP contribution in [0.4, 0.5) is 5.82 Å². The molecular formula is C10H10Cl2N4S2. The number of nitrogens with one attached hydrogen (secondary N) is 1. The van der Waals surface area contributed by atoms with Crippen LogP contribution in [0.25, 0.3) is 0 Å². The van der Waals surface area contributed by atoms with Crippen molar-refractivity contribution in [1.29, 1.82) is 0 Å². The molecule has 4 nitrogen and oxygen atoms in total. The van der Waals surface area contributed by atoms with E-state index in [2.05, 4.69) is 19.7 Å². The molecule has 1 N–H and O–H groups in total. The molecule has 18 heavy (non-hydrogen) atoms. The fraction of sp³-hybridized carbons (Fsp3) is 0.300. The summed E-state index contributed by atoms with van der Waals surface area (Å²) in [7, 11) is 1.76. The first-order valence-corrected chi connectivity index (χ1v) is 7.52. The van der Waals surface area contributed by atoms with Crippen molar-refractivity contribution in [2.75, 3.05) is 12.4 Å². The Labute approximate surface area is 123 Å². The van der Waals surface area contributed by atoms with Gasteiger partial charge < -0.3 is 5.32 Å². The van der Waals surface area contributed by atoms with Gasteiger partial charge in [-0.15, -0.1) is 0 Å². The van der Waals surface area contributed by atoms with Crippen molar-refractivity contribution in [1.82, 2.24) is 14.3 Å². The SMILES string of the molecule is CCc1nsc(Sc2nc(NC)c(Cl)cc2Cl)n1. The first kappa shape index (κ1) is 13.9. The van der Waals surface area contributed by atoms with E-state index in [0.29, 0.717) is 20.9 Å². The normalized spacial score (nSPS) is 10.7. The number of aromatic nitrogens is 3. The van der Waals surface area contributed by atoms with Gasteiger partial charge in [0.15, 0.2) is 4.34 Å². The van der Waals surface area contributed by atoms with Crippen LogP contribution < -0.4 is 5.32 Å². The van der Waals surface area contributed by atoms with Crippen LogP contribution in [0.2, 0.25) is 10.0 Å². The van der Waals surface area contributed by atoms with Crippen LogP contribution in [-0.2, 0) is 6.42 Å². The van der Waals surface area contributed by atoms with Crippen molar-refractivity contribution < 1.29 is 0 Å². The second-order valence-corrected chi connectivity index (χ2v) is 6.09.